The highest BCUT2D eigenvalue weighted by atomic mass is 35.5. The molecule has 2 amide bonds. The molecule has 40 heavy (non-hydrogen) atoms. The van der Waals surface area contributed by atoms with Crippen LogP contribution in [0.5, 0.6) is 5.75 Å². The van der Waals surface area contributed by atoms with Crippen molar-refractivity contribution >= 4 is 52.4 Å². The fraction of sp³-hybridized carbons (Fsp3) is 0.167. The van der Waals surface area contributed by atoms with Gasteiger partial charge in [0.25, 0.3) is 11.8 Å². The number of hydrogen-bond acceptors (Lipinski definition) is 4. The quantitative estimate of drug-likeness (QED) is 0.284. The van der Waals surface area contributed by atoms with Crippen LogP contribution in [0.1, 0.15) is 57.3 Å². The van der Waals surface area contributed by atoms with Gasteiger partial charge in [-0.15, -0.1) is 0 Å². The average Bonchev–Trinajstić information content (AvgIpc) is 3.52. The molecule has 1 spiro atoms. The number of nitrogens with one attached hydrogen (secondary N) is 1. The fourth-order valence-electron chi connectivity index (χ4n) is 5.94. The van der Waals surface area contributed by atoms with Gasteiger partial charge in [0, 0.05) is 38.8 Å². The van der Waals surface area contributed by atoms with Crippen LogP contribution in [0.25, 0.3) is 5.69 Å². The highest BCUT2D eigenvalue weighted by Gasteiger charge is 2.63. The topological polar surface area (TPSA) is 101 Å². The van der Waals surface area contributed by atoms with Crippen molar-refractivity contribution in [3.8, 4) is 11.4 Å². The Labute approximate surface area is 239 Å². The predicted octanol–water partition coefficient (Wildman–Crippen LogP) is 6.47. The standard InChI is InChI=1S/C30H23Cl2N3O5/c1-15(2)26-25-19(14-34(26)22-6-4-5-7-24(22)40-3)27(36)35(23-13-17(32)8-10-18(23)28(37)38)30(25)20-11-9-16(31)12-21(20)33-29(30)39/h4-15H,1-3H3,(H,33,39)(H,37,38). The number of amides is 2. The van der Waals surface area contributed by atoms with Crippen LogP contribution in [-0.2, 0) is 10.3 Å². The van der Waals surface area contributed by atoms with E-state index >= 15 is 0 Å². The number of methoxy groups -OCH3 is 1. The number of ether oxygens (including phenoxy) is 1. The third-order valence-corrected chi connectivity index (χ3v) is 7.92. The Hall–Kier alpha value is -4.27. The monoisotopic (exact) mass is 575 g/mol. The summed E-state index contributed by atoms with van der Waals surface area (Å²) in [4.78, 5) is 42.4. The maximum Gasteiger partial charge on any atom is 0.337 e. The van der Waals surface area contributed by atoms with Crippen molar-refractivity contribution in [2.75, 3.05) is 17.3 Å². The van der Waals surface area contributed by atoms with E-state index in [0.29, 0.717) is 39.0 Å². The first-order valence-electron chi connectivity index (χ1n) is 12.5. The Morgan fingerprint density at radius 2 is 1.70 bits per heavy atom. The number of para-hydroxylation sites is 2. The largest absolute Gasteiger partial charge is 0.495 e. The molecule has 2 aliphatic rings. The van der Waals surface area contributed by atoms with Gasteiger partial charge in [-0.25, -0.2) is 4.79 Å². The molecule has 0 fully saturated rings. The molecule has 2 aliphatic heterocycles. The number of halogens is 2. The van der Waals surface area contributed by atoms with E-state index in [1.165, 1.54) is 23.1 Å². The zero-order valence-corrected chi connectivity index (χ0v) is 23.2. The minimum absolute atomic E-state index is 0.0118. The highest BCUT2D eigenvalue weighted by Crippen LogP contribution is 2.56. The molecule has 1 unspecified atom stereocenters. The van der Waals surface area contributed by atoms with Gasteiger partial charge in [-0.05, 0) is 48.4 Å². The van der Waals surface area contributed by atoms with Gasteiger partial charge >= 0.3 is 5.97 Å². The first-order chi connectivity index (χ1) is 19.1. The van der Waals surface area contributed by atoms with E-state index in [4.69, 9.17) is 27.9 Å². The van der Waals surface area contributed by atoms with Gasteiger partial charge in [-0.2, -0.15) is 0 Å². The number of rotatable bonds is 5. The summed E-state index contributed by atoms with van der Waals surface area (Å²) in [5, 5.41) is 13.6. The number of anilines is 2. The number of carboxylic acid groups (broad SMARTS) is 1. The number of hydrogen-bond donors (Lipinski definition) is 2. The number of nitrogens with zero attached hydrogens (tertiary/aromatic N) is 2. The second-order valence-electron chi connectivity index (χ2n) is 9.96. The molecule has 3 aromatic carbocycles. The minimum Gasteiger partial charge on any atom is -0.495 e. The molecule has 1 aromatic heterocycles. The van der Waals surface area contributed by atoms with Crippen LogP contribution in [0, 0.1) is 0 Å². The Morgan fingerprint density at radius 1 is 1.00 bits per heavy atom. The Balaban J connectivity index is 1.76. The summed E-state index contributed by atoms with van der Waals surface area (Å²) in [6, 6.07) is 16.5. The molecule has 0 saturated heterocycles. The maximum absolute atomic E-state index is 14.5. The molecular formula is C30H23Cl2N3O5. The second kappa shape index (κ2) is 9.15. The van der Waals surface area contributed by atoms with Gasteiger partial charge in [0.15, 0.2) is 5.54 Å². The summed E-state index contributed by atoms with van der Waals surface area (Å²) in [5.74, 6) is -1.88. The van der Waals surface area contributed by atoms with Gasteiger partial charge in [0.2, 0.25) is 0 Å². The fourth-order valence-corrected chi connectivity index (χ4v) is 6.28. The Bertz CT molecular complexity index is 1760. The molecule has 0 bridgehead atoms. The number of aromatic carboxylic acids is 1. The number of aromatic nitrogens is 1. The first kappa shape index (κ1) is 26.0. The Kier molecular flexibility index (Phi) is 5.94. The summed E-state index contributed by atoms with van der Waals surface area (Å²) in [7, 11) is 1.57. The van der Waals surface area contributed by atoms with Crippen molar-refractivity contribution in [2.45, 2.75) is 25.3 Å². The molecular weight excluding hydrogens is 553 g/mol. The number of carboxylic acids is 1. The third kappa shape index (κ3) is 3.42. The van der Waals surface area contributed by atoms with Crippen molar-refractivity contribution in [1.29, 1.82) is 0 Å². The first-order valence-corrected chi connectivity index (χ1v) is 13.2. The smallest absolute Gasteiger partial charge is 0.337 e. The van der Waals surface area contributed by atoms with Crippen LogP contribution in [0.2, 0.25) is 10.0 Å². The molecule has 202 valence electrons. The van der Waals surface area contributed by atoms with Crippen LogP contribution in [0.15, 0.2) is 66.9 Å². The van der Waals surface area contributed by atoms with Gasteiger partial charge in [0.05, 0.1) is 29.6 Å². The van der Waals surface area contributed by atoms with Gasteiger partial charge < -0.3 is 19.7 Å². The van der Waals surface area contributed by atoms with E-state index in [1.807, 2.05) is 42.7 Å². The summed E-state index contributed by atoms with van der Waals surface area (Å²) in [6.07, 6.45) is 1.69. The van der Waals surface area contributed by atoms with Crippen LogP contribution < -0.4 is 15.0 Å². The number of carbonyl (C=O) groups excluding carboxylic acids is 2. The van der Waals surface area contributed by atoms with Gasteiger partial charge in [-0.3, -0.25) is 14.5 Å². The predicted molar refractivity (Wildman–Crippen MR) is 152 cm³/mol. The minimum atomic E-state index is -1.73. The molecule has 6 rings (SSSR count). The van der Waals surface area contributed by atoms with Crippen LogP contribution >= 0.6 is 23.2 Å². The van der Waals surface area contributed by atoms with E-state index in [9.17, 15) is 19.5 Å². The van der Waals surface area contributed by atoms with Crippen LogP contribution in [0.4, 0.5) is 11.4 Å². The van der Waals surface area contributed by atoms with Crippen LogP contribution in [0.3, 0.4) is 0 Å². The molecule has 0 radical (unpaired) electrons. The molecule has 3 heterocycles. The zero-order valence-electron chi connectivity index (χ0n) is 21.7. The molecule has 8 nitrogen and oxygen atoms in total. The lowest BCUT2D eigenvalue weighted by Gasteiger charge is -2.36. The molecule has 4 aromatic rings. The van der Waals surface area contributed by atoms with E-state index in [1.54, 1.807) is 31.5 Å². The summed E-state index contributed by atoms with van der Waals surface area (Å²) >= 11 is 12.6. The molecule has 10 heteroatoms. The summed E-state index contributed by atoms with van der Waals surface area (Å²) < 4.78 is 7.50. The SMILES string of the molecule is COc1ccccc1-n1cc2c(c1C(C)C)C1(C(=O)Nc3cc(Cl)ccc31)N(c1cc(Cl)ccc1C(=O)O)C2=O. The summed E-state index contributed by atoms with van der Waals surface area (Å²) in [5.41, 5.74) is 1.16. The molecule has 2 N–H and O–H groups in total. The summed E-state index contributed by atoms with van der Waals surface area (Å²) in [6.45, 7) is 3.94. The highest BCUT2D eigenvalue weighted by molar-refractivity contribution is 6.33. The molecule has 0 aliphatic carbocycles. The number of benzene rings is 3. The third-order valence-electron chi connectivity index (χ3n) is 7.44. The number of fused-ring (bicyclic) bond motifs is 4. The Morgan fingerprint density at radius 3 is 2.40 bits per heavy atom. The molecule has 1 atom stereocenters. The van der Waals surface area contributed by atoms with E-state index < -0.39 is 23.3 Å². The lowest BCUT2D eigenvalue weighted by Crippen LogP contribution is -2.51. The molecule has 0 saturated carbocycles. The van der Waals surface area contributed by atoms with Crippen molar-refractivity contribution < 1.29 is 24.2 Å². The van der Waals surface area contributed by atoms with Gasteiger partial charge in [0.1, 0.15) is 5.75 Å². The van der Waals surface area contributed by atoms with E-state index in [-0.39, 0.29) is 27.8 Å². The lowest BCUT2D eigenvalue weighted by atomic mass is 9.81. The van der Waals surface area contributed by atoms with Crippen LogP contribution in [-0.4, -0.2) is 34.6 Å². The van der Waals surface area contributed by atoms with Crippen molar-refractivity contribution in [2.24, 2.45) is 0 Å². The lowest BCUT2D eigenvalue weighted by molar-refractivity contribution is -0.119. The van der Waals surface area contributed by atoms with Crippen molar-refractivity contribution in [3.05, 3.63) is 105 Å². The van der Waals surface area contributed by atoms with Gasteiger partial charge in [-0.1, -0.05) is 55.2 Å². The van der Waals surface area contributed by atoms with Crippen molar-refractivity contribution in [1.82, 2.24) is 4.57 Å². The zero-order chi connectivity index (χ0) is 28.5. The average molecular weight is 576 g/mol. The van der Waals surface area contributed by atoms with Crippen molar-refractivity contribution in [3.63, 3.8) is 0 Å². The van der Waals surface area contributed by atoms with E-state index in [2.05, 4.69) is 5.32 Å². The van der Waals surface area contributed by atoms with E-state index in [0.717, 1.165) is 0 Å². The maximum atomic E-state index is 14.5. The second-order valence-corrected chi connectivity index (χ2v) is 10.8. The number of carbonyl (C=O) groups is 3. The normalized spacial score (nSPS) is 17.4.